The number of rotatable bonds is 3. The van der Waals surface area contributed by atoms with Crippen molar-refractivity contribution >= 4 is 0 Å². The van der Waals surface area contributed by atoms with Crippen LogP contribution in [0.4, 0.5) is 0 Å². The van der Waals surface area contributed by atoms with Crippen LogP contribution in [0.3, 0.4) is 0 Å². The van der Waals surface area contributed by atoms with Crippen LogP contribution in [0.25, 0.3) is 0 Å². The van der Waals surface area contributed by atoms with E-state index in [1.54, 1.807) is 0 Å². The van der Waals surface area contributed by atoms with Crippen LogP contribution in [-0.2, 0) is 14.2 Å². The minimum Gasteiger partial charge on any atom is -0.394 e. The minimum absolute atomic E-state index is 0.330. The summed E-state index contributed by atoms with van der Waals surface area (Å²) in [6.07, 6.45) is -4.57. The molecule has 3 N–H and O–H groups in total. The zero-order valence-electron chi connectivity index (χ0n) is 8.16. The Bertz CT molecular complexity index is 175. The van der Waals surface area contributed by atoms with Crippen LogP contribution in [0.15, 0.2) is 0 Å². The lowest BCUT2D eigenvalue weighted by atomic mass is 9.99. The molecule has 1 rings (SSSR count). The number of ether oxygens (including phenoxy) is 3. The van der Waals surface area contributed by atoms with Gasteiger partial charge in [-0.1, -0.05) is 0 Å². The predicted molar refractivity (Wildman–Crippen MR) is 45.6 cm³/mol. The Morgan fingerprint density at radius 2 is 1.71 bits per heavy atom. The van der Waals surface area contributed by atoms with Gasteiger partial charge in [-0.3, -0.25) is 0 Å². The third-order valence-electron chi connectivity index (χ3n) is 2.36. The maximum Gasteiger partial charge on any atom is 0.184 e. The lowest BCUT2D eigenvalue weighted by Crippen LogP contribution is -2.59. The third kappa shape index (κ3) is 2.05. The predicted octanol–water partition coefficient (Wildman–Crippen LogP) is -1.91. The van der Waals surface area contributed by atoms with Gasteiger partial charge in [0.15, 0.2) is 6.29 Å². The van der Waals surface area contributed by atoms with Crippen molar-refractivity contribution in [3.05, 3.63) is 0 Å². The largest absolute Gasteiger partial charge is 0.394 e. The van der Waals surface area contributed by atoms with Crippen molar-refractivity contribution < 1.29 is 29.5 Å². The van der Waals surface area contributed by atoms with Crippen molar-refractivity contribution in [2.45, 2.75) is 30.7 Å². The van der Waals surface area contributed by atoms with Gasteiger partial charge >= 0.3 is 0 Å². The quantitative estimate of drug-likeness (QED) is 0.501. The van der Waals surface area contributed by atoms with Crippen molar-refractivity contribution in [3.8, 4) is 0 Å². The smallest absolute Gasteiger partial charge is 0.184 e. The molecule has 14 heavy (non-hydrogen) atoms. The van der Waals surface area contributed by atoms with Crippen LogP contribution in [-0.4, -0.2) is 66.9 Å². The average molecular weight is 208 g/mol. The van der Waals surface area contributed by atoms with Crippen LogP contribution in [0.2, 0.25) is 0 Å². The summed E-state index contributed by atoms with van der Waals surface area (Å²) in [5.74, 6) is 0. The van der Waals surface area contributed by atoms with Gasteiger partial charge in [-0.25, -0.2) is 0 Å². The summed E-state index contributed by atoms with van der Waals surface area (Å²) in [6, 6.07) is 0. The van der Waals surface area contributed by atoms with Gasteiger partial charge in [0.2, 0.25) is 0 Å². The van der Waals surface area contributed by atoms with Crippen LogP contribution in [0.5, 0.6) is 0 Å². The second-order valence-electron chi connectivity index (χ2n) is 3.14. The summed E-state index contributed by atoms with van der Waals surface area (Å²) in [5, 5.41) is 28.0. The molecule has 0 bridgehead atoms. The highest BCUT2D eigenvalue weighted by Crippen LogP contribution is 2.23. The maximum atomic E-state index is 9.70. The molecule has 1 aliphatic rings. The normalized spacial score (nSPS) is 43.9. The molecule has 5 atom stereocenters. The average Bonchev–Trinajstić information content (AvgIpc) is 2.17. The number of aliphatic hydroxyl groups excluding tert-OH is 3. The Morgan fingerprint density at radius 3 is 2.14 bits per heavy atom. The minimum atomic E-state index is -1.25. The fourth-order valence-electron chi connectivity index (χ4n) is 1.60. The maximum absolute atomic E-state index is 9.70. The van der Waals surface area contributed by atoms with E-state index < -0.39 is 30.7 Å². The summed E-state index contributed by atoms with van der Waals surface area (Å²) in [5.41, 5.74) is 0. The van der Waals surface area contributed by atoms with Gasteiger partial charge in [0, 0.05) is 14.2 Å². The zero-order chi connectivity index (χ0) is 10.7. The lowest BCUT2D eigenvalue weighted by Gasteiger charge is -2.40. The molecule has 1 saturated heterocycles. The first-order valence-electron chi connectivity index (χ1n) is 4.33. The molecule has 1 aliphatic heterocycles. The molecular formula is C8H16O6. The molecule has 0 radical (unpaired) electrons. The van der Waals surface area contributed by atoms with Gasteiger partial charge < -0.3 is 29.5 Å². The monoisotopic (exact) mass is 208 g/mol. The highest BCUT2D eigenvalue weighted by atomic mass is 16.7. The van der Waals surface area contributed by atoms with E-state index in [1.165, 1.54) is 14.2 Å². The SMILES string of the molecule is CO[C@@H]1[C@@H](O)[C@H](OC)[C@@H](CO)O[C@@H]1O. The highest BCUT2D eigenvalue weighted by Gasteiger charge is 2.44. The third-order valence-corrected chi connectivity index (χ3v) is 2.36. The van der Waals surface area contributed by atoms with Gasteiger partial charge in [0.1, 0.15) is 24.4 Å². The fourth-order valence-corrected chi connectivity index (χ4v) is 1.60. The van der Waals surface area contributed by atoms with Gasteiger partial charge in [0.05, 0.1) is 6.61 Å². The second kappa shape index (κ2) is 5.01. The zero-order valence-corrected chi connectivity index (χ0v) is 8.16. The summed E-state index contributed by atoms with van der Waals surface area (Å²) >= 11 is 0. The van der Waals surface area contributed by atoms with Gasteiger partial charge in [-0.2, -0.15) is 0 Å². The Hall–Kier alpha value is -0.240. The molecule has 1 fully saturated rings. The van der Waals surface area contributed by atoms with E-state index in [4.69, 9.17) is 19.3 Å². The molecule has 6 heteroatoms. The van der Waals surface area contributed by atoms with E-state index >= 15 is 0 Å². The molecule has 0 spiro atoms. The van der Waals surface area contributed by atoms with Gasteiger partial charge in [0.25, 0.3) is 0 Å². The number of methoxy groups -OCH3 is 2. The van der Waals surface area contributed by atoms with Crippen molar-refractivity contribution in [3.63, 3.8) is 0 Å². The highest BCUT2D eigenvalue weighted by molar-refractivity contribution is 4.90. The molecule has 0 amide bonds. The van der Waals surface area contributed by atoms with Crippen LogP contribution < -0.4 is 0 Å². The molecule has 0 unspecified atom stereocenters. The van der Waals surface area contributed by atoms with Crippen molar-refractivity contribution in [1.82, 2.24) is 0 Å². The molecule has 84 valence electrons. The number of aliphatic hydroxyl groups is 3. The molecule has 6 nitrogen and oxygen atoms in total. The first-order chi connectivity index (χ1) is 6.65. The van der Waals surface area contributed by atoms with E-state index in [9.17, 15) is 10.2 Å². The second-order valence-corrected chi connectivity index (χ2v) is 3.14. The van der Waals surface area contributed by atoms with E-state index in [1.807, 2.05) is 0 Å². The molecule has 1 heterocycles. The first kappa shape index (κ1) is 11.8. The molecule has 0 aromatic heterocycles. The molecule has 0 saturated carbocycles. The van der Waals surface area contributed by atoms with Crippen LogP contribution in [0.1, 0.15) is 0 Å². The van der Waals surface area contributed by atoms with E-state index in [0.29, 0.717) is 0 Å². The van der Waals surface area contributed by atoms with Gasteiger partial charge in [-0.05, 0) is 0 Å². The van der Waals surface area contributed by atoms with E-state index in [-0.39, 0.29) is 6.61 Å². The molecule has 0 aromatic rings. The Balaban J connectivity index is 2.72. The van der Waals surface area contributed by atoms with E-state index in [0.717, 1.165) is 0 Å². The number of hydrogen-bond acceptors (Lipinski definition) is 6. The Kier molecular flexibility index (Phi) is 4.24. The molecular weight excluding hydrogens is 192 g/mol. The van der Waals surface area contributed by atoms with Crippen molar-refractivity contribution in [1.29, 1.82) is 0 Å². The van der Waals surface area contributed by atoms with E-state index in [2.05, 4.69) is 0 Å². The molecule has 0 aliphatic carbocycles. The summed E-state index contributed by atoms with van der Waals surface area (Å²) < 4.78 is 14.8. The van der Waals surface area contributed by atoms with Crippen molar-refractivity contribution in [2.24, 2.45) is 0 Å². The fraction of sp³-hybridized carbons (Fsp3) is 1.00. The first-order valence-corrected chi connectivity index (χ1v) is 4.33. The van der Waals surface area contributed by atoms with Gasteiger partial charge in [-0.15, -0.1) is 0 Å². The summed E-state index contributed by atoms with van der Waals surface area (Å²) in [4.78, 5) is 0. The summed E-state index contributed by atoms with van der Waals surface area (Å²) in [6.45, 7) is -0.330. The lowest BCUT2D eigenvalue weighted by molar-refractivity contribution is -0.295. The molecule has 0 aromatic carbocycles. The standard InChI is InChI=1S/C8H16O6/c1-12-6-4(3-9)14-8(11)7(13-2)5(6)10/h4-11H,3H2,1-2H3/t4-,5+,6-,7-,8+/m1/s1. The summed E-state index contributed by atoms with van der Waals surface area (Å²) in [7, 11) is 2.75. The van der Waals surface area contributed by atoms with Crippen LogP contribution >= 0.6 is 0 Å². The Morgan fingerprint density at radius 1 is 1.14 bits per heavy atom. The topological polar surface area (TPSA) is 88.4 Å². The Labute approximate surface area is 82.0 Å². The van der Waals surface area contributed by atoms with Crippen molar-refractivity contribution in [2.75, 3.05) is 20.8 Å². The number of hydrogen-bond donors (Lipinski definition) is 3. The van der Waals surface area contributed by atoms with Crippen LogP contribution in [0, 0.1) is 0 Å².